The van der Waals surface area contributed by atoms with Crippen LogP contribution in [0.2, 0.25) is 0 Å². The van der Waals surface area contributed by atoms with Gasteiger partial charge in [-0.3, -0.25) is 0 Å². The molecular weight excluding hydrogens is 156 g/mol. The second-order valence-corrected chi connectivity index (χ2v) is 4.38. The van der Waals surface area contributed by atoms with Crippen molar-refractivity contribution in [2.45, 2.75) is 46.1 Å². The Morgan fingerprint density at radius 1 is 1.27 bits per heavy atom. The van der Waals surface area contributed by atoms with Gasteiger partial charge in [0.2, 0.25) is 0 Å². The predicted octanol–water partition coefficient (Wildman–Crippen LogP) is 2.49. The zero-order valence-electron chi connectivity index (χ0n) is 8.02. The maximum absolute atomic E-state index is 9.91. The summed E-state index contributed by atoms with van der Waals surface area (Å²) in [4.78, 5) is 0. The van der Waals surface area contributed by atoms with E-state index in [4.69, 9.17) is 0 Å². The van der Waals surface area contributed by atoms with E-state index >= 15 is 0 Å². The molecule has 0 heterocycles. The number of hydrogen-bond donors (Lipinski definition) is 2. The lowest BCUT2D eigenvalue weighted by atomic mass is 9.74. The first-order valence-corrected chi connectivity index (χ1v) is 4.84. The van der Waals surface area contributed by atoms with Crippen LogP contribution in [-0.4, -0.2) is 16.5 Å². The van der Waals surface area contributed by atoms with Gasteiger partial charge in [-0.25, -0.2) is 0 Å². The highest BCUT2D eigenvalue weighted by Crippen LogP contribution is 2.35. The highest BCUT2D eigenvalue weighted by Gasteiger charge is 2.36. The quantitative estimate of drug-likeness (QED) is 0.631. The average molecular weight is 176 g/mol. The summed E-state index contributed by atoms with van der Waals surface area (Å²) in [7, 11) is 0. The molecule has 0 aliphatic carbocycles. The summed E-state index contributed by atoms with van der Waals surface area (Å²) in [6.45, 7) is 8.17. The van der Waals surface area contributed by atoms with Crippen molar-refractivity contribution in [1.29, 1.82) is 0 Å². The van der Waals surface area contributed by atoms with E-state index in [1.54, 1.807) is 0 Å². The molecule has 0 spiro atoms. The molecule has 0 aromatic carbocycles. The van der Waals surface area contributed by atoms with Crippen molar-refractivity contribution < 1.29 is 5.11 Å². The Labute approximate surface area is 75.6 Å². The number of aliphatic hydroxyl groups is 1. The third kappa shape index (κ3) is 2.68. The molecule has 0 rings (SSSR count). The minimum Gasteiger partial charge on any atom is -0.389 e. The lowest BCUT2D eigenvalue weighted by Gasteiger charge is -2.39. The molecule has 1 atom stereocenters. The van der Waals surface area contributed by atoms with Crippen LogP contribution in [0.15, 0.2) is 0 Å². The van der Waals surface area contributed by atoms with Gasteiger partial charge in [0.15, 0.2) is 0 Å². The van der Waals surface area contributed by atoms with Crippen molar-refractivity contribution in [2.75, 3.05) is 5.75 Å². The molecular formula is C9H20OS. The number of thiol groups is 1. The van der Waals surface area contributed by atoms with Crippen LogP contribution in [0, 0.1) is 5.41 Å². The molecule has 0 amide bonds. The molecule has 0 aliphatic rings. The molecule has 0 saturated carbocycles. The molecule has 68 valence electrons. The van der Waals surface area contributed by atoms with Crippen LogP contribution in [-0.2, 0) is 0 Å². The molecule has 1 N–H and O–H groups in total. The van der Waals surface area contributed by atoms with Crippen molar-refractivity contribution in [1.82, 2.24) is 0 Å². The summed E-state index contributed by atoms with van der Waals surface area (Å²) in [6, 6.07) is 0. The topological polar surface area (TPSA) is 20.2 Å². The van der Waals surface area contributed by atoms with Crippen molar-refractivity contribution in [2.24, 2.45) is 5.41 Å². The number of hydrogen-bond acceptors (Lipinski definition) is 2. The monoisotopic (exact) mass is 176 g/mol. The Kier molecular flexibility index (Phi) is 3.92. The van der Waals surface area contributed by atoms with Gasteiger partial charge in [0.25, 0.3) is 0 Å². The Balaban J connectivity index is 4.26. The summed E-state index contributed by atoms with van der Waals surface area (Å²) in [5.41, 5.74) is -0.671. The standard InChI is InChI=1S/C9H20OS/c1-5-6-8(2,3)9(4,10)7-11/h10-11H,5-7H2,1-4H3. The first-order chi connectivity index (χ1) is 4.87. The molecule has 0 bridgehead atoms. The second-order valence-electron chi connectivity index (χ2n) is 4.07. The van der Waals surface area contributed by atoms with Gasteiger partial charge >= 0.3 is 0 Å². The third-order valence-corrected chi connectivity index (χ3v) is 3.26. The molecule has 0 aliphatic heterocycles. The van der Waals surface area contributed by atoms with Crippen LogP contribution in [0.4, 0.5) is 0 Å². The second kappa shape index (κ2) is 3.81. The van der Waals surface area contributed by atoms with Crippen LogP contribution in [0.3, 0.4) is 0 Å². The van der Waals surface area contributed by atoms with Crippen molar-refractivity contribution in [3.63, 3.8) is 0 Å². The van der Waals surface area contributed by atoms with Crippen LogP contribution in [0.1, 0.15) is 40.5 Å². The van der Waals surface area contributed by atoms with Gasteiger partial charge in [0.1, 0.15) is 0 Å². The van der Waals surface area contributed by atoms with E-state index in [1.165, 1.54) is 0 Å². The van der Waals surface area contributed by atoms with Crippen LogP contribution in [0.5, 0.6) is 0 Å². The zero-order valence-corrected chi connectivity index (χ0v) is 8.91. The van der Waals surface area contributed by atoms with E-state index < -0.39 is 5.60 Å². The van der Waals surface area contributed by atoms with Gasteiger partial charge in [-0.2, -0.15) is 12.6 Å². The fourth-order valence-corrected chi connectivity index (χ4v) is 1.54. The smallest absolute Gasteiger partial charge is 0.0757 e. The molecule has 1 unspecified atom stereocenters. The fourth-order valence-electron chi connectivity index (χ4n) is 1.11. The zero-order chi connectivity index (χ0) is 9.12. The van der Waals surface area contributed by atoms with E-state index in [1.807, 2.05) is 6.92 Å². The first-order valence-electron chi connectivity index (χ1n) is 4.20. The maximum atomic E-state index is 9.91. The van der Waals surface area contributed by atoms with Gasteiger partial charge < -0.3 is 5.11 Å². The lowest BCUT2D eigenvalue weighted by Crippen LogP contribution is -2.43. The van der Waals surface area contributed by atoms with Crippen LogP contribution in [0.25, 0.3) is 0 Å². The summed E-state index contributed by atoms with van der Waals surface area (Å²) >= 11 is 4.14. The predicted molar refractivity (Wildman–Crippen MR) is 53.2 cm³/mol. The minimum atomic E-state index is -0.647. The summed E-state index contributed by atoms with van der Waals surface area (Å²) in [6.07, 6.45) is 2.15. The number of rotatable bonds is 4. The van der Waals surface area contributed by atoms with Gasteiger partial charge in [-0.05, 0) is 18.8 Å². The highest BCUT2D eigenvalue weighted by molar-refractivity contribution is 7.80. The normalized spacial score (nSPS) is 18.0. The van der Waals surface area contributed by atoms with Crippen LogP contribution < -0.4 is 0 Å². The summed E-state index contributed by atoms with van der Waals surface area (Å²) in [5.74, 6) is 0.528. The fraction of sp³-hybridized carbons (Fsp3) is 1.00. The lowest BCUT2D eigenvalue weighted by molar-refractivity contribution is -0.0349. The minimum absolute atomic E-state index is 0.0243. The maximum Gasteiger partial charge on any atom is 0.0757 e. The molecule has 0 aromatic heterocycles. The Morgan fingerprint density at radius 2 is 1.73 bits per heavy atom. The van der Waals surface area contributed by atoms with E-state index in [2.05, 4.69) is 33.4 Å². The molecule has 0 radical (unpaired) electrons. The molecule has 0 saturated heterocycles. The molecule has 11 heavy (non-hydrogen) atoms. The van der Waals surface area contributed by atoms with Crippen LogP contribution >= 0.6 is 12.6 Å². The molecule has 1 nitrogen and oxygen atoms in total. The molecule has 2 heteroatoms. The molecule has 0 aromatic rings. The van der Waals surface area contributed by atoms with E-state index in [-0.39, 0.29) is 5.41 Å². The third-order valence-electron chi connectivity index (χ3n) is 2.64. The Bertz CT molecular complexity index is 119. The van der Waals surface area contributed by atoms with Crippen molar-refractivity contribution in [3.05, 3.63) is 0 Å². The van der Waals surface area contributed by atoms with Gasteiger partial charge in [-0.15, -0.1) is 0 Å². The van der Waals surface area contributed by atoms with E-state index in [9.17, 15) is 5.11 Å². The van der Waals surface area contributed by atoms with E-state index in [0.717, 1.165) is 12.8 Å². The summed E-state index contributed by atoms with van der Waals surface area (Å²) in [5, 5.41) is 9.91. The molecule has 0 fully saturated rings. The van der Waals surface area contributed by atoms with Gasteiger partial charge in [0.05, 0.1) is 5.60 Å². The SMILES string of the molecule is CCCC(C)(C)C(C)(O)CS. The Hall–Kier alpha value is 0.310. The first kappa shape index (κ1) is 11.3. The van der Waals surface area contributed by atoms with E-state index in [0.29, 0.717) is 5.75 Å². The average Bonchev–Trinajstić information content (AvgIpc) is 1.87. The van der Waals surface area contributed by atoms with Crippen molar-refractivity contribution in [3.8, 4) is 0 Å². The highest BCUT2D eigenvalue weighted by atomic mass is 32.1. The largest absolute Gasteiger partial charge is 0.389 e. The van der Waals surface area contributed by atoms with Crippen molar-refractivity contribution >= 4 is 12.6 Å². The Morgan fingerprint density at radius 3 is 2.00 bits per heavy atom. The van der Waals surface area contributed by atoms with Gasteiger partial charge in [0, 0.05) is 5.75 Å². The summed E-state index contributed by atoms with van der Waals surface area (Å²) < 4.78 is 0. The van der Waals surface area contributed by atoms with Gasteiger partial charge in [-0.1, -0.05) is 27.2 Å².